The van der Waals surface area contributed by atoms with Gasteiger partial charge in [-0.1, -0.05) is 26.5 Å². The number of hydrogen-bond donors (Lipinski definition) is 2. The minimum absolute atomic E-state index is 0.0107. The quantitative estimate of drug-likeness (QED) is 0.583. The Morgan fingerprint density at radius 3 is 2.24 bits per heavy atom. The summed E-state index contributed by atoms with van der Waals surface area (Å²) in [5.41, 5.74) is 0.622. The van der Waals surface area contributed by atoms with E-state index in [1.54, 1.807) is 0 Å². The maximum absolute atomic E-state index is 13.3. The summed E-state index contributed by atoms with van der Waals surface area (Å²) in [5, 5.41) is 5.46. The van der Waals surface area contributed by atoms with Gasteiger partial charge in [-0.25, -0.2) is 17.2 Å². The first-order valence-electron chi connectivity index (χ1n) is 10.8. The molecule has 0 aliphatic carbocycles. The van der Waals surface area contributed by atoms with Gasteiger partial charge in [0.05, 0.1) is 4.90 Å². The number of benzene rings is 2. The predicted octanol–water partition coefficient (Wildman–Crippen LogP) is 2.84. The molecule has 1 aliphatic heterocycles. The number of amides is 2. The minimum Gasteiger partial charge on any atom is -0.349 e. The molecule has 2 unspecified atom stereocenters. The van der Waals surface area contributed by atoms with Crippen molar-refractivity contribution < 1.29 is 26.8 Å². The van der Waals surface area contributed by atoms with Crippen LogP contribution in [-0.2, 0) is 21.4 Å². The van der Waals surface area contributed by atoms with Gasteiger partial charge in [-0.2, -0.15) is 4.31 Å². The average molecular weight is 492 g/mol. The van der Waals surface area contributed by atoms with Crippen LogP contribution in [0.3, 0.4) is 0 Å². The van der Waals surface area contributed by atoms with Gasteiger partial charge in [-0.05, 0) is 59.9 Å². The van der Waals surface area contributed by atoms with Gasteiger partial charge in [0.2, 0.25) is 15.9 Å². The van der Waals surface area contributed by atoms with E-state index in [0.717, 1.165) is 12.1 Å². The Hall–Kier alpha value is -3.11. The predicted molar refractivity (Wildman–Crippen MR) is 123 cm³/mol. The van der Waals surface area contributed by atoms with Crippen molar-refractivity contribution in [2.24, 2.45) is 11.8 Å². The molecule has 0 bridgehead atoms. The molecule has 182 valence electrons. The van der Waals surface area contributed by atoms with E-state index in [2.05, 4.69) is 17.2 Å². The van der Waals surface area contributed by atoms with E-state index in [-0.39, 0.29) is 53.9 Å². The fourth-order valence-corrected chi connectivity index (χ4v) is 5.71. The third kappa shape index (κ3) is 5.68. The van der Waals surface area contributed by atoms with Crippen molar-refractivity contribution >= 4 is 21.8 Å². The van der Waals surface area contributed by atoms with Crippen molar-refractivity contribution in [2.75, 3.05) is 13.1 Å². The lowest BCUT2D eigenvalue weighted by Gasteiger charge is -2.40. The molecule has 2 amide bonds. The fraction of sp³-hybridized carbons (Fsp3) is 0.333. The van der Waals surface area contributed by atoms with Crippen LogP contribution >= 0.6 is 0 Å². The first-order chi connectivity index (χ1) is 16.0. The SMILES string of the molecule is C=CC(=O)NC1C(C)CN(S(=O)(=O)c2ccc(C(=O)NCc3ccc(F)c(F)c3)cc2)CC1C. The molecule has 1 heterocycles. The number of halogens is 2. The van der Waals surface area contributed by atoms with Crippen molar-refractivity contribution in [2.45, 2.75) is 31.3 Å². The van der Waals surface area contributed by atoms with Gasteiger partial charge in [0.15, 0.2) is 11.6 Å². The van der Waals surface area contributed by atoms with Crippen molar-refractivity contribution in [3.8, 4) is 0 Å². The molecule has 0 spiro atoms. The van der Waals surface area contributed by atoms with Crippen molar-refractivity contribution in [1.29, 1.82) is 0 Å². The molecule has 1 saturated heterocycles. The lowest BCUT2D eigenvalue weighted by Crippen LogP contribution is -2.55. The van der Waals surface area contributed by atoms with Crippen LogP contribution in [0.2, 0.25) is 0 Å². The van der Waals surface area contributed by atoms with Gasteiger partial charge in [-0.3, -0.25) is 9.59 Å². The van der Waals surface area contributed by atoms with Crippen LogP contribution in [0, 0.1) is 23.5 Å². The molecule has 0 aromatic heterocycles. The maximum atomic E-state index is 13.3. The average Bonchev–Trinajstić information content (AvgIpc) is 2.81. The molecule has 3 rings (SSSR count). The van der Waals surface area contributed by atoms with Crippen molar-refractivity contribution in [3.05, 3.63) is 77.9 Å². The molecule has 1 aliphatic rings. The first-order valence-corrected chi connectivity index (χ1v) is 12.2. The van der Waals surface area contributed by atoms with E-state index in [1.807, 2.05) is 13.8 Å². The highest BCUT2D eigenvalue weighted by Gasteiger charge is 2.38. The standard InChI is InChI=1S/C24H27F2N3O4S/c1-4-22(30)28-23-15(2)13-29(14-16(23)3)34(32,33)19-8-6-18(7-9-19)24(31)27-12-17-5-10-20(25)21(26)11-17/h4-11,15-16,23H,1,12-14H2,2-3H3,(H,27,31)(H,28,30). The number of carbonyl (C=O) groups is 2. The Morgan fingerprint density at radius 2 is 1.68 bits per heavy atom. The van der Waals surface area contributed by atoms with E-state index >= 15 is 0 Å². The highest BCUT2D eigenvalue weighted by atomic mass is 32.2. The lowest BCUT2D eigenvalue weighted by molar-refractivity contribution is -0.118. The smallest absolute Gasteiger partial charge is 0.251 e. The van der Waals surface area contributed by atoms with E-state index in [9.17, 15) is 26.8 Å². The Balaban J connectivity index is 1.66. The lowest BCUT2D eigenvalue weighted by atomic mass is 9.87. The Labute approximate surface area is 197 Å². The summed E-state index contributed by atoms with van der Waals surface area (Å²) in [7, 11) is -3.80. The van der Waals surface area contributed by atoms with Crippen LogP contribution in [0.4, 0.5) is 8.78 Å². The van der Waals surface area contributed by atoms with Gasteiger partial charge in [-0.15, -0.1) is 0 Å². The molecule has 7 nitrogen and oxygen atoms in total. The zero-order valence-corrected chi connectivity index (χ0v) is 19.7. The molecule has 0 saturated carbocycles. The Morgan fingerprint density at radius 1 is 1.06 bits per heavy atom. The maximum Gasteiger partial charge on any atom is 0.251 e. The van der Waals surface area contributed by atoms with Crippen LogP contribution in [-0.4, -0.2) is 43.7 Å². The summed E-state index contributed by atoms with van der Waals surface area (Å²) in [6.07, 6.45) is 1.19. The molecule has 10 heteroatoms. The second-order valence-corrected chi connectivity index (χ2v) is 10.4. The largest absolute Gasteiger partial charge is 0.349 e. The summed E-state index contributed by atoms with van der Waals surface area (Å²) in [4.78, 5) is 24.1. The first kappa shape index (κ1) is 25.5. The number of sulfonamides is 1. The van der Waals surface area contributed by atoms with Gasteiger partial charge >= 0.3 is 0 Å². The summed E-state index contributed by atoms with van der Waals surface area (Å²) >= 11 is 0. The molecule has 2 aromatic carbocycles. The zero-order chi connectivity index (χ0) is 25.0. The molecule has 2 N–H and O–H groups in total. The monoisotopic (exact) mass is 491 g/mol. The van der Waals surface area contributed by atoms with Gasteiger partial charge in [0.25, 0.3) is 5.91 Å². The minimum atomic E-state index is -3.80. The highest BCUT2D eigenvalue weighted by Crippen LogP contribution is 2.27. The zero-order valence-electron chi connectivity index (χ0n) is 18.9. The second-order valence-electron chi connectivity index (χ2n) is 8.47. The second kappa shape index (κ2) is 10.4. The van der Waals surface area contributed by atoms with Crippen LogP contribution in [0.25, 0.3) is 0 Å². The summed E-state index contributed by atoms with van der Waals surface area (Å²) in [6, 6.07) is 8.70. The van der Waals surface area contributed by atoms with Crippen molar-refractivity contribution in [3.63, 3.8) is 0 Å². The number of nitrogens with one attached hydrogen (secondary N) is 2. The van der Waals surface area contributed by atoms with Gasteiger partial charge < -0.3 is 10.6 Å². The van der Waals surface area contributed by atoms with Crippen LogP contribution in [0.5, 0.6) is 0 Å². The third-order valence-electron chi connectivity index (χ3n) is 5.90. The van der Waals surface area contributed by atoms with Crippen molar-refractivity contribution in [1.82, 2.24) is 14.9 Å². The van der Waals surface area contributed by atoms with E-state index in [4.69, 9.17) is 0 Å². The normalized spacial score (nSPS) is 21.0. The molecule has 0 radical (unpaired) electrons. The molecule has 1 fully saturated rings. The number of rotatable bonds is 7. The molecular formula is C24H27F2N3O4S. The molecule has 2 aromatic rings. The molecular weight excluding hydrogens is 464 g/mol. The summed E-state index contributed by atoms with van der Waals surface area (Å²) in [5.74, 6) is -2.96. The summed E-state index contributed by atoms with van der Waals surface area (Å²) in [6.45, 7) is 7.68. The van der Waals surface area contributed by atoms with Crippen LogP contribution in [0.15, 0.2) is 60.0 Å². The summed E-state index contributed by atoms with van der Waals surface area (Å²) < 4.78 is 54.1. The third-order valence-corrected chi connectivity index (χ3v) is 7.74. The Kier molecular flexibility index (Phi) is 7.83. The highest BCUT2D eigenvalue weighted by molar-refractivity contribution is 7.89. The topological polar surface area (TPSA) is 95.6 Å². The van der Waals surface area contributed by atoms with E-state index in [1.165, 1.54) is 40.7 Å². The van der Waals surface area contributed by atoms with Crippen LogP contribution < -0.4 is 10.6 Å². The van der Waals surface area contributed by atoms with E-state index in [0.29, 0.717) is 5.56 Å². The number of hydrogen-bond acceptors (Lipinski definition) is 4. The fourth-order valence-electron chi connectivity index (χ4n) is 4.07. The molecule has 34 heavy (non-hydrogen) atoms. The van der Waals surface area contributed by atoms with E-state index < -0.39 is 27.6 Å². The van der Waals surface area contributed by atoms with Crippen LogP contribution in [0.1, 0.15) is 29.8 Å². The van der Waals surface area contributed by atoms with Gasteiger partial charge in [0.1, 0.15) is 0 Å². The van der Waals surface area contributed by atoms with Gasteiger partial charge in [0, 0.05) is 31.2 Å². The number of piperidine rings is 1. The number of carbonyl (C=O) groups excluding carboxylic acids is 2. The Bertz CT molecular complexity index is 1170. The number of nitrogens with zero attached hydrogens (tertiary/aromatic N) is 1. The molecule has 2 atom stereocenters.